The summed E-state index contributed by atoms with van der Waals surface area (Å²) in [5.41, 5.74) is 3.80. The van der Waals surface area contributed by atoms with Crippen LogP contribution in [0.5, 0.6) is 5.75 Å². The molecule has 1 saturated heterocycles. The van der Waals surface area contributed by atoms with E-state index in [1.54, 1.807) is 0 Å². The molecule has 0 aliphatic carbocycles. The van der Waals surface area contributed by atoms with Crippen LogP contribution in [0.3, 0.4) is 0 Å². The van der Waals surface area contributed by atoms with Crippen LogP contribution >= 0.6 is 0 Å². The molecule has 3 aromatic carbocycles. The molecule has 0 saturated carbocycles. The number of hydrogen-bond acceptors (Lipinski definition) is 4. The van der Waals surface area contributed by atoms with E-state index in [0.29, 0.717) is 50.6 Å². The van der Waals surface area contributed by atoms with Crippen molar-refractivity contribution in [2.24, 2.45) is 0 Å². The van der Waals surface area contributed by atoms with E-state index in [9.17, 15) is 9.59 Å². The summed E-state index contributed by atoms with van der Waals surface area (Å²) in [5, 5.41) is 3.08. The summed E-state index contributed by atoms with van der Waals surface area (Å²) in [6, 6.07) is 24.9. The predicted molar refractivity (Wildman–Crippen MR) is 138 cm³/mol. The summed E-state index contributed by atoms with van der Waals surface area (Å²) in [4.78, 5) is 30.5. The number of rotatable bonds is 8. The second kappa shape index (κ2) is 11.7. The number of hydrogen-bond donors (Lipinski definition) is 1. The van der Waals surface area contributed by atoms with Gasteiger partial charge in [0, 0.05) is 26.2 Å². The third kappa shape index (κ3) is 6.28. The minimum absolute atomic E-state index is 0.109. The van der Waals surface area contributed by atoms with E-state index in [1.165, 1.54) is 5.56 Å². The number of carbonyl (C=O) groups is 2. The van der Waals surface area contributed by atoms with Gasteiger partial charge < -0.3 is 15.0 Å². The largest absolute Gasteiger partial charge is 0.492 e. The van der Waals surface area contributed by atoms with E-state index < -0.39 is 6.04 Å². The first-order valence-corrected chi connectivity index (χ1v) is 12.2. The normalized spacial score (nSPS) is 14.9. The van der Waals surface area contributed by atoms with Crippen molar-refractivity contribution in [2.75, 3.05) is 38.1 Å². The Bertz CT molecular complexity index is 1120. The van der Waals surface area contributed by atoms with E-state index >= 15 is 0 Å². The quantitative estimate of drug-likeness (QED) is 0.527. The van der Waals surface area contributed by atoms with Gasteiger partial charge in [0.1, 0.15) is 11.8 Å². The Kier molecular flexibility index (Phi) is 8.16. The number of nitrogens with one attached hydrogen (secondary N) is 1. The zero-order chi connectivity index (χ0) is 24.6. The molecule has 182 valence electrons. The van der Waals surface area contributed by atoms with Gasteiger partial charge in [-0.1, -0.05) is 72.3 Å². The standard InChI is InChI=1S/C29H33N3O3/c1-3-35-26-12-8-7-11-25(26)30-29(34)28(24-9-5-4-6-10-24)32-19-17-31(18-20-32)27(33)21-23-15-13-22(2)14-16-23/h4-16,28H,3,17-21H2,1-2H3,(H,30,34). The maximum Gasteiger partial charge on any atom is 0.246 e. The number of piperazine rings is 1. The average Bonchev–Trinajstić information content (AvgIpc) is 2.88. The van der Waals surface area contributed by atoms with Crippen LogP contribution in [0.15, 0.2) is 78.9 Å². The Balaban J connectivity index is 1.45. The van der Waals surface area contributed by atoms with E-state index in [2.05, 4.69) is 10.2 Å². The summed E-state index contributed by atoms with van der Waals surface area (Å²) < 4.78 is 5.69. The molecule has 2 amide bonds. The van der Waals surface area contributed by atoms with Gasteiger partial charge in [-0.25, -0.2) is 0 Å². The van der Waals surface area contributed by atoms with Gasteiger partial charge >= 0.3 is 0 Å². The maximum atomic E-state index is 13.6. The lowest BCUT2D eigenvalue weighted by atomic mass is 10.0. The third-order valence-electron chi connectivity index (χ3n) is 6.32. The van der Waals surface area contributed by atoms with Crippen LogP contribution in [0.1, 0.15) is 29.7 Å². The number of ether oxygens (including phenoxy) is 1. The highest BCUT2D eigenvalue weighted by Crippen LogP contribution is 2.28. The molecule has 1 heterocycles. The maximum absolute atomic E-state index is 13.6. The van der Waals surface area contributed by atoms with Crippen LogP contribution in [-0.4, -0.2) is 54.4 Å². The fourth-order valence-corrected chi connectivity index (χ4v) is 4.44. The highest BCUT2D eigenvalue weighted by molar-refractivity contribution is 5.96. The van der Waals surface area contributed by atoms with Gasteiger partial charge in [0.2, 0.25) is 11.8 Å². The van der Waals surface area contributed by atoms with Crippen LogP contribution in [0, 0.1) is 6.92 Å². The Hall–Kier alpha value is -3.64. The Morgan fingerprint density at radius 1 is 0.886 bits per heavy atom. The first-order chi connectivity index (χ1) is 17.0. The molecule has 1 aliphatic rings. The number of anilines is 1. The minimum atomic E-state index is -0.458. The minimum Gasteiger partial charge on any atom is -0.492 e. The molecule has 0 bridgehead atoms. The lowest BCUT2D eigenvalue weighted by Crippen LogP contribution is -2.52. The van der Waals surface area contributed by atoms with E-state index in [0.717, 1.165) is 11.1 Å². The van der Waals surface area contributed by atoms with Crippen molar-refractivity contribution in [1.29, 1.82) is 0 Å². The van der Waals surface area contributed by atoms with E-state index in [-0.39, 0.29) is 11.8 Å². The van der Waals surface area contributed by atoms with Crippen molar-refractivity contribution in [3.63, 3.8) is 0 Å². The van der Waals surface area contributed by atoms with E-state index in [4.69, 9.17) is 4.74 Å². The average molecular weight is 472 g/mol. The molecule has 6 nitrogen and oxygen atoms in total. The zero-order valence-electron chi connectivity index (χ0n) is 20.4. The molecule has 0 radical (unpaired) electrons. The molecule has 1 aliphatic heterocycles. The molecule has 1 fully saturated rings. The molecular weight excluding hydrogens is 438 g/mol. The first-order valence-electron chi connectivity index (χ1n) is 12.2. The fourth-order valence-electron chi connectivity index (χ4n) is 4.44. The fraction of sp³-hybridized carbons (Fsp3) is 0.310. The summed E-state index contributed by atoms with van der Waals surface area (Å²) in [7, 11) is 0. The van der Waals surface area contributed by atoms with Gasteiger partial charge in [0.25, 0.3) is 0 Å². The predicted octanol–water partition coefficient (Wildman–Crippen LogP) is 4.46. The highest BCUT2D eigenvalue weighted by Gasteiger charge is 2.32. The molecule has 4 rings (SSSR count). The Morgan fingerprint density at radius 3 is 2.23 bits per heavy atom. The number of para-hydroxylation sites is 2. The van der Waals surface area contributed by atoms with Crippen LogP contribution < -0.4 is 10.1 Å². The second-order valence-corrected chi connectivity index (χ2v) is 8.81. The summed E-state index contributed by atoms with van der Waals surface area (Å²) in [6.45, 7) is 6.92. The van der Waals surface area contributed by atoms with Crippen molar-refractivity contribution in [1.82, 2.24) is 9.80 Å². The highest BCUT2D eigenvalue weighted by atomic mass is 16.5. The van der Waals surface area contributed by atoms with Crippen molar-refractivity contribution in [3.05, 3.63) is 95.6 Å². The van der Waals surface area contributed by atoms with E-state index in [1.807, 2.05) is 97.6 Å². The molecule has 1 atom stereocenters. The van der Waals surface area contributed by atoms with Crippen LogP contribution in [-0.2, 0) is 16.0 Å². The van der Waals surface area contributed by atoms with Crippen molar-refractivity contribution in [2.45, 2.75) is 26.3 Å². The Morgan fingerprint density at radius 2 is 1.54 bits per heavy atom. The number of aryl methyl sites for hydroxylation is 1. The molecule has 3 aromatic rings. The number of carbonyl (C=O) groups excluding carboxylic acids is 2. The van der Waals surface area contributed by atoms with Gasteiger partial charge in [0.05, 0.1) is 18.7 Å². The van der Waals surface area contributed by atoms with Gasteiger partial charge in [-0.2, -0.15) is 0 Å². The van der Waals surface area contributed by atoms with Gasteiger partial charge in [0.15, 0.2) is 0 Å². The van der Waals surface area contributed by atoms with Gasteiger partial charge in [-0.15, -0.1) is 0 Å². The summed E-state index contributed by atoms with van der Waals surface area (Å²) in [5.74, 6) is 0.671. The molecular formula is C29H33N3O3. The van der Waals surface area contributed by atoms with Crippen molar-refractivity contribution < 1.29 is 14.3 Å². The molecule has 1 unspecified atom stereocenters. The lowest BCUT2D eigenvalue weighted by molar-refractivity contribution is -0.133. The van der Waals surface area contributed by atoms with Crippen LogP contribution in [0.2, 0.25) is 0 Å². The summed E-state index contributed by atoms with van der Waals surface area (Å²) >= 11 is 0. The molecule has 0 spiro atoms. The monoisotopic (exact) mass is 471 g/mol. The molecule has 1 N–H and O–H groups in total. The van der Waals surface area contributed by atoms with Gasteiger partial charge in [-0.05, 0) is 37.1 Å². The third-order valence-corrected chi connectivity index (χ3v) is 6.32. The van der Waals surface area contributed by atoms with Crippen LogP contribution in [0.25, 0.3) is 0 Å². The number of benzene rings is 3. The lowest BCUT2D eigenvalue weighted by Gasteiger charge is -2.39. The Labute approximate surface area is 207 Å². The second-order valence-electron chi connectivity index (χ2n) is 8.81. The SMILES string of the molecule is CCOc1ccccc1NC(=O)C(c1ccccc1)N1CCN(C(=O)Cc2ccc(C)cc2)CC1. The molecule has 6 heteroatoms. The van der Waals surface area contributed by atoms with Gasteiger partial charge in [-0.3, -0.25) is 14.5 Å². The number of amides is 2. The molecule has 0 aromatic heterocycles. The smallest absolute Gasteiger partial charge is 0.246 e. The molecule has 35 heavy (non-hydrogen) atoms. The van der Waals surface area contributed by atoms with Crippen molar-refractivity contribution in [3.8, 4) is 5.75 Å². The summed E-state index contributed by atoms with van der Waals surface area (Å²) in [6.07, 6.45) is 0.400. The zero-order valence-corrected chi connectivity index (χ0v) is 20.4. The topological polar surface area (TPSA) is 61.9 Å². The number of nitrogens with zero attached hydrogens (tertiary/aromatic N) is 2. The first kappa shape index (κ1) is 24.5. The van der Waals surface area contributed by atoms with Crippen molar-refractivity contribution >= 4 is 17.5 Å². The van der Waals surface area contributed by atoms with Crippen LogP contribution in [0.4, 0.5) is 5.69 Å².